The number of ether oxygens (including phenoxy) is 1. The van der Waals surface area contributed by atoms with Crippen LogP contribution in [-0.2, 0) is 9.53 Å². The summed E-state index contributed by atoms with van der Waals surface area (Å²) in [6.45, 7) is 2.13. The minimum atomic E-state index is -0.471. The normalized spacial score (nSPS) is 12.5. The molecule has 13 heavy (non-hydrogen) atoms. The molecule has 0 spiro atoms. The first-order valence-corrected chi connectivity index (χ1v) is 6.52. The second-order valence-electron chi connectivity index (χ2n) is 2.40. The molecule has 78 valence electrons. The zero-order valence-electron chi connectivity index (χ0n) is 8.12. The fraction of sp³-hybridized carbons (Fsp3) is 0.875. The predicted octanol–water partition coefficient (Wildman–Crippen LogP) is 0.973. The van der Waals surface area contributed by atoms with Gasteiger partial charge in [0.25, 0.3) is 0 Å². The molecule has 0 aliphatic carbocycles. The van der Waals surface area contributed by atoms with Gasteiger partial charge in [-0.05, 0) is 5.75 Å². The Morgan fingerprint density at radius 1 is 1.46 bits per heavy atom. The Morgan fingerprint density at radius 3 is 2.62 bits per heavy atom. The Labute approximate surface area is 88.2 Å². The van der Waals surface area contributed by atoms with Crippen LogP contribution in [0.1, 0.15) is 6.92 Å². The average Bonchev–Trinajstić information content (AvgIpc) is 2.16. The minimum Gasteiger partial charge on any atom is -0.468 e. The van der Waals surface area contributed by atoms with Crippen molar-refractivity contribution in [1.29, 1.82) is 0 Å². The fourth-order valence-corrected chi connectivity index (χ4v) is 2.48. The topological polar surface area (TPSA) is 52.3 Å². The van der Waals surface area contributed by atoms with Crippen LogP contribution in [0.3, 0.4) is 0 Å². The molecule has 0 rings (SSSR count). The zero-order chi connectivity index (χ0) is 10.1. The second kappa shape index (κ2) is 8.72. The molecule has 0 aromatic heterocycles. The number of thioether (sulfide) groups is 2. The van der Waals surface area contributed by atoms with Gasteiger partial charge in [0.2, 0.25) is 0 Å². The predicted molar refractivity (Wildman–Crippen MR) is 60.3 cm³/mol. The maximum Gasteiger partial charge on any atom is 0.323 e. The van der Waals surface area contributed by atoms with Crippen LogP contribution in [-0.4, -0.2) is 42.1 Å². The van der Waals surface area contributed by atoms with Gasteiger partial charge < -0.3 is 10.5 Å². The first kappa shape index (κ1) is 13.1. The molecule has 0 aromatic rings. The van der Waals surface area contributed by atoms with E-state index in [1.165, 1.54) is 7.11 Å². The van der Waals surface area contributed by atoms with Gasteiger partial charge in [0.05, 0.1) is 7.11 Å². The number of nitrogens with two attached hydrogens (primary N) is 1. The van der Waals surface area contributed by atoms with E-state index in [1.807, 2.05) is 11.8 Å². The van der Waals surface area contributed by atoms with Gasteiger partial charge in [0, 0.05) is 17.3 Å². The van der Waals surface area contributed by atoms with Crippen LogP contribution in [0.2, 0.25) is 0 Å². The van der Waals surface area contributed by atoms with Crippen molar-refractivity contribution >= 4 is 29.5 Å². The maximum absolute atomic E-state index is 10.9. The van der Waals surface area contributed by atoms with Crippen LogP contribution in [0.5, 0.6) is 0 Å². The highest BCUT2D eigenvalue weighted by atomic mass is 32.2. The highest BCUT2D eigenvalue weighted by Crippen LogP contribution is 2.07. The molecule has 0 saturated heterocycles. The average molecular weight is 223 g/mol. The van der Waals surface area contributed by atoms with E-state index in [-0.39, 0.29) is 5.97 Å². The number of esters is 1. The number of carbonyl (C=O) groups excluding carboxylic acids is 1. The molecule has 5 heteroatoms. The monoisotopic (exact) mass is 223 g/mol. The molecule has 0 bridgehead atoms. The number of methoxy groups -OCH3 is 1. The summed E-state index contributed by atoms with van der Waals surface area (Å²) in [5.41, 5.74) is 5.54. The Bertz CT molecular complexity index is 144. The van der Waals surface area contributed by atoms with Gasteiger partial charge >= 0.3 is 5.97 Å². The molecular formula is C8H17NO2S2. The lowest BCUT2D eigenvalue weighted by atomic mass is 10.4. The van der Waals surface area contributed by atoms with Gasteiger partial charge in [-0.15, -0.1) is 0 Å². The van der Waals surface area contributed by atoms with Gasteiger partial charge in [-0.3, -0.25) is 4.79 Å². The molecule has 0 radical (unpaired) electrons. The summed E-state index contributed by atoms with van der Waals surface area (Å²) in [5, 5.41) is 0. The zero-order valence-corrected chi connectivity index (χ0v) is 9.75. The van der Waals surface area contributed by atoms with Crippen molar-refractivity contribution in [2.75, 3.05) is 30.1 Å². The second-order valence-corrected chi connectivity index (χ2v) is 4.95. The van der Waals surface area contributed by atoms with Crippen molar-refractivity contribution in [1.82, 2.24) is 0 Å². The molecule has 3 nitrogen and oxygen atoms in total. The van der Waals surface area contributed by atoms with Gasteiger partial charge in [0.1, 0.15) is 6.04 Å². The Morgan fingerprint density at radius 2 is 2.08 bits per heavy atom. The number of carbonyl (C=O) groups is 1. The van der Waals surface area contributed by atoms with E-state index in [0.29, 0.717) is 5.75 Å². The molecule has 0 saturated carbocycles. The lowest BCUT2D eigenvalue weighted by Crippen LogP contribution is -2.34. The van der Waals surface area contributed by atoms with E-state index in [9.17, 15) is 4.79 Å². The Balaban J connectivity index is 3.26. The van der Waals surface area contributed by atoms with Gasteiger partial charge in [-0.2, -0.15) is 23.5 Å². The van der Waals surface area contributed by atoms with E-state index in [4.69, 9.17) is 5.73 Å². The quantitative estimate of drug-likeness (QED) is 0.515. The molecule has 0 aliphatic heterocycles. The molecule has 1 atom stereocenters. The SMILES string of the molecule is CCSCCSCC(N)C(=O)OC. The largest absolute Gasteiger partial charge is 0.468 e. The van der Waals surface area contributed by atoms with Crippen LogP contribution >= 0.6 is 23.5 Å². The smallest absolute Gasteiger partial charge is 0.323 e. The summed E-state index contributed by atoms with van der Waals surface area (Å²) in [4.78, 5) is 10.9. The van der Waals surface area contributed by atoms with Gasteiger partial charge in [-0.25, -0.2) is 0 Å². The van der Waals surface area contributed by atoms with Crippen molar-refractivity contribution in [3.8, 4) is 0 Å². The van der Waals surface area contributed by atoms with E-state index in [2.05, 4.69) is 11.7 Å². The molecule has 0 fully saturated rings. The summed E-state index contributed by atoms with van der Waals surface area (Å²) < 4.78 is 4.51. The van der Waals surface area contributed by atoms with E-state index in [1.54, 1.807) is 11.8 Å². The molecule has 0 aromatic carbocycles. The summed E-state index contributed by atoms with van der Waals surface area (Å²) >= 11 is 3.59. The first-order chi connectivity index (χ1) is 6.22. The molecular weight excluding hydrogens is 206 g/mol. The van der Waals surface area contributed by atoms with Crippen LogP contribution in [0.25, 0.3) is 0 Å². The standard InChI is InChI=1S/C8H17NO2S2/c1-3-12-4-5-13-6-7(9)8(10)11-2/h7H,3-6,9H2,1-2H3. The number of rotatable bonds is 7. The minimum absolute atomic E-state index is 0.323. The summed E-state index contributed by atoms with van der Waals surface area (Å²) in [5.74, 6) is 3.63. The van der Waals surface area contributed by atoms with Crippen molar-refractivity contribution in [3.63, 3.8) is 0 Å². The van der Waals surface area contributed by atoms with Gasteiger partial charge in [0.15, 0.2) is 0 Å². The van der Waals surface area contributed by atoms with E-state index >= 15 is 0 Å². The summed E-state index contributed by atoms with van der Waals surface area (Å²) in [7, 11) is 1.36. The highest BCUT2D eigenvalue weighted by molar-refractivity contribution is 8.02. The molecule has 0 aliphatic rings. The summed E-state index contributed by atoms with van der Waals surface area (Å²) in [6.07, 6.45) is 0. The molecule has 0 amide bonds. The molecule has 0 heterocycles. The van der Waals surface area contributed by atoms with Crippen molar-refractivity contribution in [3.05, 3.63) is 0 Å². The van der Waals surface area contributed by atoms with Crippen LogP contribution < -0.4 is 5.73 Å². The third-order valence-electron chi connectivity index (χ3n) is 1.38. The third kappa shape index (κ3) is 7.22. The third-order valence-corrected chi connectivity index (χ3v) is 3.62. The summed E-state index contributed by atoms with van der Waals surface area (Å²) in [6, 6.07) is -0.471. The fourth-order valence-electron chi connectivity index (χ4n) is 0.692. The van der Waals surface area contributed by atoms with Crippen molar-refractivity contribution in [2.24, 2.45) is 5.73 Å². The van der Waals surface area contributed by atoms with Gasteiger partial charge in [-0.1, -0.05) is 6.92 Å². The van der Waals surface area contributed by atoms with Crippen molar-refractivity contribution in [2.45, 2.75) is 13.0 Å². The number of hydrogen-bond acceptors (Lipinski definition) is 5. The van der Waals surface area contributed by atoms with Crippen molar-refractivity contribution < 1.29 is 9.53 Å². The van der Waals surface area contributed by atoms with Crippen LogP contribution in [0.15, 0.2) is 0 Å². The Kier molecular flexibility index (Phi) is 8.80. The van der Waals surface area contributed by atoms with E-state index in [0.717, 1.165) is 17.3 Å². The molecule has 2 N–H and O–H groups in total. The van der Waals surface area contributed by atoms with Crippen LogP contribution in [0.4, 0.5) is 0 Å². The first-order valence-electron chi connectivity index (χ1n) is 4.21. The maximum atomic E-state index is 10.9. The van der Waals surface area contributed by atoms with E-state index < -0.39 is 6.04 Å². The highest BCUT2D eigenvalue weighted by Gasteiger charge is 2.12. The Hall–Kier alpha value is 0.130. The number of hydrogen-bond donors (Lipinski definition) is 1. The molecule has 1 unspecified atom stereocenters. The lowest BCUT2D eigenvalue weighted by Gasteiger charge is -2.07. The lowest BCUT2D eigenvalue weighted by molar-refractivity contribution is -0.141. The van der Waals surface area contributed by atoms with Crippen LogP contribution in [0, 0.1) is 0 Å².